The van der Waals surface area contributed by atoms with Crippen LogP contribution in [0.4, 0.5) is 0 Å². The Morgan fingerprint density at radius 1 is 1.11 bits per heavy atom. The van der Waals surface area contributed by atoms with Gasteiger partial charge in [0.05, 0.1) is 17.5 Å². The fraction of sp³-hybridized carbons (Fsp3) is 0.318. The highest BCUT2D eigenvalue weighted by Crippen LogP contribution is 2.45. The van der Waals surface area contributed by atoms with E-state index in [0.717, 1.165) is 17.5 Å². The quantitative estimate of drug-likeness (QED) is 0.541. The average molecular weight is 400 g/mol. The summed E-state index contributed by atoms with van der Waals surface area (Å²) in [6.07, 6.45) is 2.67. The van der Waals surface area contributed by atoms with E-state index in [1.807, 2.05) is 31.2 Å². The predicted octanol–water partition coefficient (Wildman–Crippen LogP) is 4.14. The highest BCUT2D eigenvalue weighted by atomic mass is 32.2. The van der Waals surface area contributed by atoms with Crippen molar-refractivity contribution in [2.45, 2.75) is 44.6 Å². The summed E-state index contributed by atoms with van der Waals surface area (Å²) in [5, 5.41) is 0. The van der Waals surface area contributed by atoms with E-state index in [-0.39, 0.29) is 17.5 Å². The maximum Gasteiger partial charge on any atom is 0.332 e. The molecule has 1 atom stereocenters. The SMILES string of the molecule is CCOC(=O)/C=C1\CC(c2ccc(CC)cc2)N1S(=O)(=O)c1ccc(C)cc1. The van der Waals surface area contributed by atoms with Crippen LogP contribution in [0.1, 0.15) is 43.0 Å². The Balaban J connectivity index is 1.99. The maximum atomic E-state index is 13.3. The largest absolute Gasteiger partial charge is 0.463 e. The van der Waals surface area contributed by atoms with E-state index < -0.39 is 16.0 Å². The molecule has 0 aromatic heterocycles. The van der Waals surface area contributed by atoms with Crippen molar-refractivity contribution < 1.29 is 17.9 Å². The van der Waals surface area contributed by atoms with Crippen molar-refractivity contribution in [3.63, 3.8) is 0 Å². The van der Waals surface area contributed by atoms with Crippen LogP contribution < -0.4 is 0 Å². The molecule has 1 saturated heterocycles. The Bertz CT molecular complexity index is 976. The number of hydrogen-bond donors (Lipinski definition) is 0. The Kier molecular flexibility index (Phi) is 5.89. The first-order chi connectivity index (χ1) is 13.4. The number of ether oxygens (including phenoxy) is 1. The normalized spacial score (nSPS) is 18.0. The summed E-state index contributed by atoms with van der Waals surface area (Å²) in [7, 11) is -3.78. The van der Waals surface area contributed by atoms with Crippen LogP contribution in [0.25, 0.3) is 0 Å². The number of aryl methyl sites for hydroxylation is 2. The molecule has 0 N–H and O–H groups in total. The summed E-state index contributed by atoms with van der Waals surface area (Å²) in [5.74, 6) is -0.526. The third-order valence-corrected chi connectivity index (χ3v) is 6.77. The number of nitrogens with zero attached hydrogens (tertiary/aromatic N) is 1. The fourth-order valence-corrected chi connectivity index (χ4v) is 4.95. The van der Waals surface area contributed by atoms with Crippen molar-refractivity contribution in [3.8, 4) is 0 Å². The van der Waals surface area contributed by atoms with Crippen molar-refractivity contribution in [1.29, 1.82) is 0 Å². The highest BCUT2D eigenvalue weighted by molar-refractivity contribution is 7.89. The number of rotatable bonds is 6. The van der Waals surface area contributed by atoms with E-state index in [4.69, 9.17) is 4.74 Å². The summed E-state index contributed by atoms with van der Waals surface area (Å²) in [5.41, 5.74) is 3.53. The van der Waals surface area contributed by atoms with Gasteiger partial charge in [-0.25, -0.2) is 13.2 Å². The van der Waals surface area contributed by atoms with E-state index in [9.17, 15) is 13.2 Å². The molecular formula is C22H25NO4S. The van der Waals surface area contributed by atoms with Gasteiger partial charge in [-0.1, -0.05) is 48.9 Å². The molecule has 1 heterocycles. The topological polar surface area (TPSA) is 63.7 Å². The van der Waals surface area contributed by atoms with Crippen molar-refractivity contribution in [2.75, 3.05) is 6.61 Å². The molecule has 0 aliphatic carbocycles. The molecule has 0 radical (unpaired) electrons. The molecule has 2 aromatic rings. The fourth-order valence-electron chi connectivity index (χ4n) is 3.28. The third-order valence-electron chi connectivity index (χ3n) is 4.89. The van der Waals surface area contributed by atoms with Crippen LogP contribution >= 0.6 is 0 Å². The van der Waals surface area contributed by atoms with E-state index in [2.05, 4.69) is 6.92 Å². The van der Waals surface area contributed by atoms with Gasteiger partial charge in [0.25, 0.3) is 10.0 Å². The lowest BCUT2D eigenvalue weighted by Gasteiger charge is -2.44. The number of sulfonamides is 1. The molecule has 3 rings (SSSR count). The lowest BCUT2D eigenvalue weighted by molar-refractivity contribution is -0.137. The minimum absolute atomic E-state index is 0.211. The van der Waals surface area contributed by atoms with Gasteiger partial charge in [-0.05, 0) is 43.5 Å². The van der Waals surface area contributed by atoms with Crippen LogP contribution in [0.5, 0.6) is 0 Å². The van der Waals surface area contributed by atoms with Crippen molar-refractivity contribution in [2.24, 2.45) is 0 Å². The minimum atomic E-state index is -3.78. The van der Waals surface area contributed by atoms with Gasteiger partial charge in [-0.2, -0.15) is 0 Å². The minimum Gasteiger partial charge on any atom is -0.463 e. The van der Waals surface area contributed by atoms with E-state index >= 15 is 0 Å². The molecule has 0 bridgehead atoms. The predicted molar refractivity (Wildman–Crippen MR) is 108 cm³/mol. The number of carbonyl (C=O) groups excluding carboxylic acids is 1. The Hall–Kier alpha value is -2.60. The maximum absolute atomic E-state index is 13.3. The zero-order valence-corrected chi connectivity index (χ0v) is 17.2. The molecule has 1 unspecified atom stereocenters. The lowest BCUT2D eigenvalue weighted by atomic mass is 9.93. The second kappa shape index (κ2) is 8.19. The Morgan fingerprint density at radius 2 is 1.75 bits per heavy atom. The number of hydrogen-bond acceptors (Lipinski definition) is 4. The van der Waals surface area contributed by atoms with Crippen LogP contribution in [0.2, 0.25) is 0 Å². The van der Waals surface area contributed by atoms with Gasteiger partial charge in [0, 0.05) is 18.2 Å². The molecule has 5 nitrogen and oxygen atoms in total. The highest BCUT2D eigenvalue weighted by Gasteiger charge is 2.43. The lowest BCUT2D eigenvalue weighted by Crippen LogP contribution is -2.43. The molecule has 1 aliphatic rings. The summed E-state index contributed by atoms with van der Waals surface area (Å²) in [6, 6.07) is 14.4. The van der Waals surface area contributed by atoms with Gasteiger partial charge in [0.15, 0.2) is 0 Å². The van der Waals surface area contributed by atoms with Crippen LogP contribution in [0.15, 0.2) is 65.2 Å². The van der Waals surface area contributed by atoms with Crippen LogP contribution in [-0.2, 0) is 26.0 Å². The Morgan fingerprint density at radius 3 is 2.32 bits per heavy atom. The van der Waals surface area contributed by atoms with Gasteiger partial charge in [0.1, 0.15) is 0 Å². The van der Waals surface area contributed by atoms with E-state index in [1.54, 1.807) is 31.2 Å². The summed E-state index contributed by atoms with van der Waals surface area (Å²) < 4.78 is 32.9. The van der Waals surface area contributed by atoms with E-state index in [0.29, 0.717) is 12.1 Å². The van der Waals surface area contributed by atoms with Crippen LogP contribution in [0.3, 0.4) is 0 Å². The second-order valence-electron chi connectivity index (χ2n) is 6.82. The molecule has 148 valence electrons. The smallest absolute Gasteiger partial charge is 0.332 e. The van der Waals surface area contributed by atoms with E-state index in [1.165, 1.54) is 15.9 Å². The van der Waals surface area contributed by atoms with Crippen molar-refractivity contribution in [3.05, 3.63) is 77.0 Å². The summed E-state index contributed by atoms with van der Waals surface area (Å²) >= 11 is 0. The standard InChI is InChI=1S/C22H25NO4S/c1-4-17-8-10-18(11-9-17)21-14-19(15-22(24)27-5-2)23(21)28(25,26)20-12-6-16(3)7-13-20/h6-13,15,21H,4-5,14H2,1-3H3/b19-15+. The number of carbonyl (C=O) groups is 1. The Labute approximate surface area is 166 Å². The van der Waals surface area contributed by atoms with Crippen LogP contribution in [0, 0.1) is 6.92 Å². The third kappa shape index (κ3) is 3.97. The van der Waals surface area contributed by atoms with Gasteiger partial charge < -0.3 is 4.74 Å². The average Bonchev–Trinajstić information content (AvgIpc) is 2.65. The summed E-state index contributed by atoms with van der Waals surface area (Å²) in [6.45, 7) is 5.95. The molecular weight excluding hydrogens is 374 g/mol. The first kappa shape index (κ1) is 20.1. The molecule has 28 heavy (non-hydrogen) atoms. The molecule has 1 aliphatic heterocycles. The van der Waals surface area contributed by atoms with Crippen molar-refractivity contribution >= 4 is 16.0 Å². The number of benzene rings is 2. The van der Waals surface area contributed by atoms with Gasteiger partial charge in [-0.15, -0.1) is 0 Å². The molecule has 0 saturated carbocycles. The van der Waals surface area contributed by atoms with Gasteiger partial charge >= 0.3 is 5.97 Å². The zero-order chi connectivity index (χ0) is 20.3. The first-order valence-corrected chi connectivity index (χ1v) is 10.9. The second-order valence-corrected chi connectivity index (χ2v) is 8.63. The molecule has 2 aromatic carbocycles. The molecule has 0 spiro atoms. The molecule has 1 fully saturated rings. The summed E-state index contributed by atoms with van der Waals surface area (Å²) in [4.78, 5) is 12.1. The zero-order valence-electron chi connectivity index (χ0n) is 16.4. The van der Waals surface area contributed by atoms with Gasteiger partial charge in [0.2, 0.25) is 0 Å². The van der Waals surface area contributed by atoms with Gasteiger partial charge in [-0.3, -0.25) is 4.31 Å². The van der Waals surface area contributed by atoms with Crippen LogP contribution in [-0.4, -0.2) is 25.3 Å². The van der Waals surface area contributed by atoms with Crippen molar-refractivity contribution in [1.82, 2.24) is 4.31 Å². The monoisotopic (exact) mass is 399 g/mol. The molecule has 0 amide bonds. The molecule has 6 heteroatoms. The first-order valence-electron chi connectivity index (χ1n) is 9.44. The number of esters is 1.